The molecule has 0 saturated heterocycles. The maximum absolute atomic E-state index is 11.8. The number of hydrogen-bond donors (Lipinski definition) is 2. The third-order valence-electron chi connectivity index (χ3n) is 3.95. The van der Waals surface area contributed by atoms with E-state index in [9.17, 15) is 4.79 Å². The minimum absolute atomic E-state index is 0.174. The lowest BCUT2D eigenvalue weighted by molar-refractivity contribution is -0.121. The molecule has 0 spiro atoms. The Labute approximate surface area is 125 Å². The van der Waals surface area contributed by atoms with E-state index in [0.717, 1.165) is 38.9 Å². The molecule has 0 aromatic heterocycles. The SMILES string of the molecule is CCC(CCN)CCC(=O)NCCN(C(C)C)C(C)C. The first-order valence-electron chi connectivity index (χ1n) is 8.14. The van der Waals surface area contributed by atoms with Crippen molar-refractivity contribution in [2.45, 2.75) is 72.4 Å². The molecule has 0 aliphatic carbocycles. The van der Waals surface area contributed by atoms with Gasteiger partial charge in [-0.2, -0.15) is 0 Å². The van der Waals surface area contributed by atoms with Crippen molar-refractivity contribution in [2.75, 3.05) is 19.6 Å². The van der Waals surface area contributed by atoms with Crippen LogP contribution >= 0.6 is 0 Å². The van der Waals surface area contributed by atoms with Crippen LogP contribution in [0.15, 0.2) is 0 Å². The maximum atomic E-state index is 11.8. The van der Waals surface area contributed by atoms with Crippen molar-refractivity contribution in [3.8, 4) is 0 Å². The fraction of sp³-hybridized carbons (Fsp3) is 0.938. The molecule has 0 rings (SSSR count). The van der Waals surface area contributed by atoms with Crippen LogP contribution in [0.3, 0.4) is 0 Å². The summed E-state index contributed by atoms with van der Waals surface area (Å²) in [5.74, 6) is 0.765. The molecule has 0 aromatic rings. The average molecular weight is 285 g/mol. The van der Waals surface area contributed by atoms with Crippen molar-refractivity contribution in [1.29, 1.82) is 0 Å². The Morgan fingerprint density at radius 2 is 1.75 bits per heavy atom. The molecule has 1 atom stereocenters. The lowest BCUT2D eigenvalue weighted by atomic mass is 9.96. The Balaban J connectivity index is 3.87. The summed E-state index contributed by atoms with van der Waals surface area (Å²) in [6.45, 7) is 13.3. The molecular weight excluding hydrogens is 250 g/mol. The molecule has 1 amide bonds. The van der Waals surface area contributed by atoms with Crippen molar-refractivity contribution in [1.82, 2.24) is 10.2 Å². The highest BCUT2D eigenvalue weighted by atomic mass is 16.1. The summed E-state index contributed by atoms with van der Waals surface area (Å²) >= 11 is 0. The zero-order chi connectivity index (χ0) is 15.5. The van der Waals surface area contributed by atoms with Crippen LogP contribution in [0, 0.1) is 5.92 Å². The van der Waals surface area contributed by atoms with Crippen molar-refractivity contribution < 1.29 is 4.79 Å². The van der Waals surface area contributed by atoms with Crippen molar-refractivity contribution in [3.05, 3.63) is 0 Å². The van der Waals surface area contributed by atoms with Crippen LogP contribution in [0.25, 0.3) is 0 Å². The Morgan fingerprint density at radius 3 is 2.20 bits per heavy atom. The summed E-state index contributed by atoms with van der Waals surface area (Å²) in [5.41, 5.74) is 5.58. The fourth-order valence-corrected chi connectivity index (χ4v) is 2.65. The third-order valence-corrected chi connectivity index (χ3v) is 3.95. The molecule has 4 nitrogen and oxygen atoms in total. The van der Waals surface area contributed by atoms with Gasteiger partial charge in [0.15, 0.2) is 0 Å². The van der Waals surface area contributed by atoms with Crippen molar-refractivity contribution in [3.63, 3.8) is 0 Å². The molecule has 0 aliphatic rings. The molecule has 120 valence electrons. The molecule has 4 heteroatoms. The molecule has 0 fully saturated rings. The van der Waals surface area contributed by atoms with Gasteiger partial charge in [0.1, 0.15) is 0 Å². The first kappa shape index (κ1) is 19.4. The van der Waals surface area contributed by atoms with Crippen LogP contribution in [0.2, 0.25) is 0 Å². The van der Waals surface area contributed by atoms with Gasteiger partial charge in [-0.05, 0) is 53.0 Å². The second-order valence-electron chi connectivity index (χ2n) is 6.17. The summed E-state index contributed by atoms with van der Waals surface area (Å²) < 4.78 is 0. The number of nitrogens with zero attached hydrogens (tertiary/aromatic N) is 1. The zero-order valence-electron chi connectivity index (χ0n) is 14.1. The second kappa shape index (κ2) is 11.1. The molecule has 0 aliphatic heterocycles. The molecule has 0 aromatic carbocycles. The van der Waals surface area contributed by atoms with E-state index < -0.39 is 0 Å². The minimum Gasteiger partial charge on any atom is -0.355 e. The Bertz CT molecular complexity index is 246. The molecule has 0 saturated carbocycles. The summed E-state index contributed by atoms with van der Waals surface area (Å²) in [6, 6.07) is 1.03. The topological polar surface area (TPSA) is 58.4 Å². The van der Waals surface area contributed by atoms with Gasteiger partial charge in [0.2, 0.25) is 5.91 Å². The van der Waals surface area contributed by atoms with Gasteiger partial charge in [0, 0.05) is 31.6 Å². The van der Waals surface area contributed by atoms with Gasteiger partial charge in [0.05, 0.1) is 0 Å². The van der Waals surface area contributed by atoms with Crippen LogP contribution in [-0.4, -0.2) is 42.5 Å². The van der Waals surface area contributed by atoms with Gasteiger partial charge in [-0.3, -0.25) is 9.69 Å². The average Bonchev–Trinajstić information content (AvgIpc) is 2.38. The van der Waals surface area contributed by atoms with E-state index in [2.05, 4.69) is 44.8 Å². The molecule has 1 unspecified atom stereocenters. The van der Waals surface area contributed by atoms with Gasteiger partial charge in [0.25, 0.3) is 0 Å². The van der Waals surface area contributed by atoms with E-state index in [-0.39, 0.29) is 5.91 Å². The lowest BCUT2D eigenvalue weighted by Crippen LogP contribution is -2.42. The number of amides is 1. The molecule has 0 radical (unpaired) electrons. The highest BCUT2D eigenvalue weighted by molar-refractivity contribution is 5.75. The van der Waals surface area contributed by atoms with Crippen LogP contribution in [0.5, 0.6) is 0 Å². The van der Waals surface area contributed by atoms with Gasteiger partial charge in [-0.15, -0.1) is 0 Å². The predicted molar refractivity (Wildman–Crippen MR) is 86.7 cm³/mol. The minimum atomic E-state index is 0.174. The molecular formula is C16H35N3O. The van der Waals surface area contributed by atoms with Gasteiger partial charge in [-0.25, -0.2) is 0 Å². The number of rotatable bonds is 11. The summed E-state index contributed by atoms with van der Waals surface area (Å²) in [4.78, 5) is 14.2. The zero-order valence-corrected chi connectivity index (χ0v) is 14.1. The molecule has 0 heterocycles. The third kappa shape index (κ3) is 8.54. The maximum Gasteiger partial charge on any atom is 0.220 e. The van der Waals surface area contributed by atoms with E-state index in [4.69, 9.17) is 5.73 Å². The highest BCUT2D eigenvalue weighted by Gasteiger charge is 2.13. The Kier molecular flexibility index (Phi) is 10.8. The van der Waals surface area contributed by atoms with Crippen molar-refractivity contribution in [2.24, 2.45) is 11.7 Å². The summed E-state index contributed by atoms with van der Waals surface area (Å²) in [7, 11) is 0. The Morgan fingerprint density at radius 1 is 1.15 bits per heavy atom. The molecule has 3 N–H and O–H groups in total. The predicted octanol–water partition coefficient (Wildman–Crippen LogP) is 2.38. The second-order valence-corrected chi connectivity index (χ2v) is 6.17. The van der Waals surface area contributed by atoms with E-state index in [1.807, 2.05) is 0 Å². The van der Waals surface area contributed by atoms with E-state index in [1.54, 1.807) is 0 Å². The number of carbonyl (C=O) groups is 1. The standard InChI is InChI=1S/C16H35N3O/c1-6-15(9-10-17)7-8-16(20)18-11-12-19(13(2)3)14(4)5/h13-15H,6-12,17H2,1-5H3,(H,18,20). The van der Waals surface area contributed by atoms with Crippen molar-refractivity contribution >= 4 is 5.91 Å². The van der Waals surface area contributed by atoms with Crippen LogP contribution in [0.1, 0.15) is 60.3 Å². The largest absolute Gasteiger partial charge is 0.355 e. The normalized spacial score (nSPS) is 13.2. The monoisotopic (exact) mass is 285 g/mol. The number of carbonyl (C=O) groups excluding carboxylic acids is 1. The van der Waals surface area contributed by atoms with E-state index in [1.165, 1.54) is 0 Å². The van der Waals surface area contributed by atoms with Crippen LogP contribution in [-0.2, 0) is 4.79 Å². The lowest BCUT2D eigenvalue weighted by Gasteiger charge is -2.30. The molecule has 0 bridgehead atoms. The van der Waals surface area contributed by atoms with Gasteiger partial charge >= 0.3 is 0 Å². The fourth-order valence-electron chi connectivity index (χ4n) is 2.65. The van der Waals surface area contributed by atoms with E-state index in [0.29, 0.717) is 24.4 Å². The van der Waals surface area contributed by atoms with Gasteiger partial charge < -0.3 is 11.1 Å². The van der Waals surface area contributed by atoms with E-state index >= 15 is 0 Å². The van der Waals surface area contributed by atoms with Gasteiger partial charge in [-0.1, -0.05) is 13.3 Å². The number of nitrogens with one attached hydrogen (secondary N) is 1. The van der Waals surface area contributed by atoms with Crippen LogP contribution < -0.4 is 11.1 Å². The summed E-state index contributed by atoms with van der Waals surface area (Å²) in [6.07, 6.45) is 3.72. The first-order valence-corrected chi connectivity index (χ1v) is 8.14. The highest BCUT2D eigenvalue weighted by Crippen LogP contribution is 2.14. The Hall–Kier alpha value is -0.610. The molecule has 20 heavy (non-hydrogen) atoms. The summed E-state index contributed by atoms with van der Waals surface area (Å²) in [5, 5.41) is 3.03. The van der Waals surface area contributed by atoms with Crippen LogP contribution in [0.4, 0.5) is 0 Å². The first-order chi connectivity index (χ1) is 9.42. The number of hydrogen-bond acceptors (Lipinski definition) is 3. The quantitative estimate of drug-likeness (QED) is 0.613. The number of nitrogens with two attached hydrogens (primary N) is 1. The smallest absolute Gasteiger partial charge is 0.220 e.